The molecule has 3 aromatic rings. The minimum atomic E-state index is -0.0894. The molecule has 1 fully saturated rings. The molecule has 5 heteroatoms. The minimum Gasteiger partial charge on any atom is -0.295 e. The number of fused-ring (bicyclic) bond motifs is 1. The van der Waals surface area contributed by atoms with Crippen LogP contribution in [0.3, 0.4) is 0 Å². The highest BCUT2D eigenvalue weighted by atomic mass is 35.5. The molecule has 0 radical (unpaired) electrons. The maximum Gasteiger partial charge on any atom is 0.238 e. The molecule has 120 valence electrons. The van der Waals surface area contributed by atoms with Crippen molar-refractivity contribution in [2.24, 2.45) is 0 Å². The number of anilines is 1. The van der Waals surface area contributed by atoms with E-state index in [4.69, 9.17) is 23.2 Å². The lowest BCUT2D eigenvalue weighted by atomic mass is 10.1. The van der Waals surface area contributed by atoms with E-state index in [1.165, 1.54) is 0 Å². The molecular weight excluding hydrogens is 361 g/mol. The molecule has 1 aliphatic rings. The van der Waals surface area contributed by atoms with Gasteiger partial charge in [0.05, 0.1) is 15.8 Å². The fourth-order valence-corrected chi connectivity index (χ4v) is 4.42. The van der Waals surface area contributed by atoms with E-state index in [1.807, 2.05) is 41.3 Å². The maximum atomic E-state index is 12.5. The number of benzene rings is 3. The van der Waals surface area contributed by atoms with Gasteiger partial charge in [0.2, 0.25) is 5.91 Å². The van der Waals surface area contributed by atoms with Crippen molar-refractivity contribution >= 4 is 57.3 Å². The average Bonchev–Trinajstić information content (AvgIpc) is 2.98. The van der Waals surface area contributed by atoms with Gasteiger partial charge >= 0.3 is 0 Å². The molecule has 4 rings (SSSR count). The second kappa shape index (κ2) is 6.32. The van der Waals surface area contributed by atoms with Gasteiger partial charge in [-0.2, -0.15) is 0 Å². The zero-order valence-corrected chi connectivity index (χ0v) is 14.9. The van der Waals surface area contributed by atoms with Crippen molar-refractivity contribution in [1.29, 1.82) is 0 Å². The average molecular weight is 374 g/mol. The van der Waals surface area contributed by atoms with E-state index in [9.17, 15) is 4.79 Å². The lowest BCUT2D eigenvalue weighted by molar-refractivity contribution is -0.115. The van der Waals surface area contributed by atoms with Gasteiger partial charge < -0.3 is 0 Å². The molecule has 0 spiro atoms. The van der Waals surface area contributed by atoms with Crippen LogP contribution in [0.15, 0.2) is 60.7 Å². The SMILES string of the molecule is O=C1CS[C@H](c2ccc(Cl)c(Cl)c2)N1c1ccc2ccccc2c1. The molecule has 0 N–H and O–H groups in total. The Balaban J connectivity index is 1.77. The number of rotatable bonds is 2. The molecule has 1 saturated heterocycles. The summed E-state index contributed by atoms with van der Waals surface area (Å²) in [7, 11) is 0. The van der Waals surface area contributed by atoms with Gasteiger partial charge in [0.15, 0.2) is 0 Å². The third kappa shape index (κ3) is 2.77. The molecule has 1 amide bonds. The van der Waals surface area contributed by atoms with Crippen molar-refractivity contribution in [3.8, 4) is 0 Å². The quantitative estimate of drug-likeness (QED) is 0.555. The van der Waals surface area contributed by atoms with Crippen LogP contribution in [0.5, 0.6) is 0 Å². The molecule has 0 saturated carbocycles. The summed E-state index contributed by atoms with van der Waals surface area (Å²) in [5.74, 6) is 0.559. The lowest BCUT2D eigenvalue weighted by Crippen LogP contribution is -2.27. The van der Waals surface area contributed by atoms with Gasteiger partial charge in [-0.1, -0.05) is 59.6 Å². The highest BCUT2D eigenvalue weighted by Gasteiger charge is 2.34. The summed E-state index contributed by atoms with van der Waals surface area (Å²) in [6.45, 7) is 0. The summed E-state index contributed by atoms with van der Waals surface area (Å²) in [4.78, 5) is 14.3. The first-order chi connectivity index (χ1) is 11.6. The molecule has 0 aromatic heterocycles. The topological polar surface area (TPSA) is 20.3 Å². The first-order valence-electron chi connectivity index (χ1n) is 7.51. The van der Waals surface area contributed by atoms with Gasteiger partial charge in [-0.3, -0.25) is 9.69 Å². The number of carbonyl (C=O) groups excluding carboxylic acids is 1. The van der Waals surface area contributed by atoms with Crippen LogP contribution in [0.2, 0.25) is 10.0 Å². The summed E-state index contributed by atoms with van der Waals surface area (Å²) >= 11 is 13.8. The van der Waals surface area contributed by atoms with Crippen LogP contribution in [0.1, 0.15) is 10.9 Å². The molecule has 1 atom stereocenters. The number of hydrogen-bond donors (Lipinski definition) is 0. The molecule has 1 aliphatic heterocycles. The number of nitrogens with zero attached hydrogens (tertiary/aromatic N) is 1. The number of halogens is 2. The Bertz CT molecular complexity index is 944. The maximum absolute atomic E-state index is 12.5. The van der Waals surface area contributed by atoms with Gasteiger partial charge in [-0.25, -0.2) is 0 Å². The summed E-state index contributed by atoms with van der Waals surface area (Å²) in [5.41, 5.74) is 1.88. The Morgan fingerprint density at radius 1 is 0.917 bits per heavy atom. The number of thioether (sulfide) groups is 1. The molecule has 1 heterocycles. The summed E-state index contributed by atoms with van der Waals surface area (Å²) in [6, 6.07) is 19.8. The first kappa shape index (κ1) is 15.8. The van der Waals surface area contributed by atoms with E-state index in [0.29, 0.717) is 15.8 Å². The molecule has 0 unspecified atom stereocenters. The Morgan fingerprint density at radius 2 is 1.71 bits per heavy atom. The van der Waals surface area contributed by atoms with Crippen LogP contribution in [0, 0.1) is 0 Å². The second-order valence-electron chi connectivity index (χ2n) is 5.63. The standard InChI is InChI=1S/C19H13Cl2NOS/c20-16-8-6-14(10-17(16)21)19-22(18(23)11-24-19)15-7-5-12-3-1-2-4-13(12)9-15/h1-10,19H,11H2/t19-/m1/s1. The van der Waals surface area contributed by atoms with E-state index in [-0.39, 0.29) is 11.3 Å². The van der Waals surface area contributed by atoms with Crippen molar-refractivity contribution in [3.63, 3.8) is 0 Å². The van der Waals surface area contributed by atoms with Gasteiger partial charge in [-0.15, -0.1) is 11.8 Å². The Hall–Kier alpha value is -1.68. The third-order valence-electron chi connectivity index (χ3n) is 4.11. The van der Waals surface area contributed by atoms with Crippen LogP contribution >= 0.6 is 35.0 Å². The summed E-state index contributed by atoms with van der Waals surface area (Å²) in [6.07, 6.45) is 0. The summed E-state index contributed by atoms with van der Waals surface area (Å²) < 4.78 is 0. The zero-order valence-electron chi connectivity index (χ0n) is 12.6. The van der Waals surface area contributed by atoms with Crippen molar-refractivity contribution in [3.05, 3.63) is 76.3 Å². The van der Waals surface area contributed by atoms with Gasteiger partial charge in [0.1, 0.15) is 5.37 Å². The first-order valence-corrected chi connectivity index (χ1v) is 9.31. The predicted molar refractivity (Wildman–Crippen MR) is 103 cm³/mol. The molecule has 24 heavy (non-hydrogen) atoms. The van der Waals surface area contributed by atoms with Gasteiger partial charge in [-0.05, 0) is 40.6 Å². The normalized spacial score (nSPS) is 17.7. The second-order valence-corrected chi connectivity index (χ2v) is 7.52. The van der Waals surface area contributed by atoms with Crippen LogP contribution in [0.25, 0.3) is 10.8 Å². The molecular formula is C19H13Cl2NOS. The van der Waals surface area contributed by atoms with Crippen LogP contribution < -0.4 is 4.90 Å². The minimum absolute atomic E-state index is 0.0894. The van der Waals surface area contributed by atoms with Crippen molar-refractivity contribution in [2.75, 3.05) is 10.7 Å². The zero-order chi connectivity index (χ0) is 16.7. The highest BCUT2D eigenvalue weighted by Crippen LogP contribution is 2.43. The Kier molecular flexibility index (Phi) is 4.17. The highest BCUT2D eigenvalue weighted by molar-refractivity contribution is 8.00. The van der Waals surface area contributed by atoms with E-state index in [2.05, 4.69) is 18.2 Å². The van der Waals surface area contributed by atoms with Crippen LogP contribution in [0.4, 0.5) is 5.69 Å². The van der Waals surface area contributed by atoms with Crippen LogP contribution in [-0.2, 0) is 4.79 Å². The largest absolute Gasteiger partial charge is 0.295 e. The predicted octanol–water partition coefficient (Wildman–Crippen LogP) is 5.93. The Labute approximate surface area is 154 Å². The number of hydrogen-bond acceptors (Lipinski definition) is 2. The fraction of sp³-hybridized carbons (Fsp3) is 0.105. The molecule has 0 bridgehead atoms. The smallest absolute Gasteiger partial charge is 0.238 e. The van der Waals surface area contributed by atoms with Gasteiger partial charge in [0, 0.05) is 5.69 Å². The molecule has 0 aliphatic carbocycles. The molecule has 2 nitrogen and oxygen atoms in total. The van der Waals surface area contributed by atoms with Gasteiger partial charge in [0.25, 0.3) is 0 Å². The molecule has 3 aromatic carbocycles. The third-order valence-corrected chi connectivity index (χ3v) is 6.06. The van der Waals surface area contributed by atoms with Crippen molar-refractivity contribution < 1.29 is 4.79 Å². The van der Waals surface area contributed by atoms with E-state index in [0.717, 1.165) is 22.0 Å². The van der Waals surface area contributed by atoms with E-state index >= 15 is 0 Å². The van der Waals surface area contributed by atoms with E-state index in [1.54, 1.807) is 17.8 Å². The number of amides is 1. The van der Waals surface area contributed by atoms with Crippen molar-refractivity contribution in [1.82, 2.24) is 0 Å². The summed E-state index contributed by atoms with van der Waals surface area (Å²) in [5, 5.41) is 3.22. The van der Waals surface area contributed by atoms with Crippen LogP contribution in [-0.4, -0.2) is 11.7 Å². The lowest BCUT2D eigenvalue weighted by Gasteiger charge is -2.25. The monoisotopic (exact) mass is 373 g/mol. The van der Waals surface area contributed by atoms with Crippen molar-refractivity contribution in [2.45, 2.75) is 5.37 Å². The number of carbonyl (C=O) groups is 1. The Morgan fingerprint density at radius 3 is 2.50 bits per heavy atom. The fourth-order valence-electron chi connectivity index (χ4n) is 2.94. The van der Waals surface area contributed by atoms with E-state index < -0.39 is 0 Å².